The third kappa shape index (κ3) is 8.59. The SMILES string of the molecule is CC(=O)OC[C@H]1O[C@@H](Sc2nnc(-c3ccccc3O)n2/N=C/c2ccccc2Cl)[C@H](OC(C)=O)[C@@H](OC(C)=O)[C@@H]1OC(C)=O. The van der Waals surface area contributed by atoms with Crippen LogP contribution in [-0.4, -0.2) is 86.5 Å². The van der Waals surface area contributed by atoms with Gasteiger partial charge < -0.3 is 28.8 Å². The number of carbonyl (C=O) groups is 4. The number of thioether (sulfide) groups is 1. The minimum Gasteiger partial charge on any atom is -0.507 e. The fourth-order valence-corrected chi connectivity index (χ4v) is 5.62. The van der Waals surface area contributed by atoms with Crippen LogP contribution in [0, 0.1) is 0 Å². The Balaban J connectivity index is 1.81. The van der Waals surface area contributed by atoms with E-state index in [4.69, 9.17) is 35.3 Å². The summed E-state index contributed by atoms with van der Waals surface area (Å²) in [6.45, 7) is 4.20. The smallest absolute Gasteiger partial charge is 0.303 e. The van der Waals surface area contributed by atoms with Crippen molar-refractivity contribution >= 4 is 53.5 Å². The van der Waals surface area contributed by atoms with E-state index in [1.165, 1.54) is 23.9 Å². The fraction of sp³-hybridized carbons (Fsp3) is 0.345. The average molecular weight is 661 g/mol. The van der Waals surface area contributed by atoms with Crippen LogP contribution in [0.3, 0.4) is 0 Å². The quantitative estimate of drug-likeness (QED) is 0.190. The number of phenols is 1. The molecule has 5 atom stereocenters. The zero-order valence-corrected chi connectivity index (χ0v) is 26.1. The number of hydrogen-bond acceptors (Lipinski definition) is 14. The van der Waals surface area contributed by atoms with Crippen LogP contribution in [0.25, 0.3) is 11.4 Å². The van der Waals surface area contributed by atoms with E-state index in [1.54, 1.807) is 42.5 Å². The Labute approximate surface area is 266 Å². The minimum atomic E-state index is -1.37. The van der Waals surface area contributed by atoms with Gasteiger partial charge in [-0.2, -0.15) is 9.78 Å². The molecule has 1 aliphatic rings. The van der Waals surface area contributed by atoms with E-state index < -0.39 is 60.3 Å². The highest BCUT2D eigenvalue weighted by molar-refractivity contribution is 7.99. The zero-order chi connectivity index (χ0) is 32.7. The average Bonchev–Trinajstić information content (AvgIpc) is 3.36. The molecule has 0 saturated carbocycles. The summed E-state index contributed by atoms with van der Waals surface area (Å²) in [5, 5.41) is 24.1. The molecule has 0 bridgehead atoms. The van der Waals surface area contributed by atoms with Crippen molar-refractivity contribution in [1.82, 2.24) is 14.9 Å². The molecule has 14 nitrogen and oxygen atoms in total. The molecule has 0 spiro atoms. The molecule has 45 heavy (non-hydrogen) atoms. The highest BCUT2D eigenvalue weighted by Crippen LogP contribution is 2.39. The molecule has 1 aromatic heterocycles. The standard InChI is InChI=1S/C29H29ClN4O10S/c1-15(35)40-14-23-24(41-16(2)36)25(42-17(3)37)26(43-18(4)38)28(44-23)45-29-33-32-27(20-10-6-8-12-22(20)39)34(29)31-13-19-9-5-7-11-21(19)30/h5-13,23-26,28,39H,14H2,1-4H3/b31-13+/t23-,24-,25+,26-,28+/m1/s1. The molecule has 0 unspecified atom stereocenters. The number of ether oxygens (including phenoxy) is 5. The summed E-state index contributed by atoms with van der Waals surface area (Å²) in [7, 11) is 0. The van der Waals surface area contributed by atoms with E-state index in [0.717, 1.165) is 32.5 Å². The van der Waals surface area contributed by atoms with E-state index in [2.05, 4.69) is 15.3 Å². The second-order valence-corrected chi connectivity index (χ2v) is 11.1. The molecule has 0 amide bonds. The number of halogens is 1. The van der Waals surface area contributed by atoms with E-state index in [1.807, 2.05) is 0 Å². The summed E-state index contributed by atoms with van der Waals surface area (Å²) < 4.78 is 29.2. The Morgan fingerprint density at radius 2 is 1.53 bits per heavy atom. The number of phenolic OH excluding ortho intramolecular Hbond substituents is 1. The molecule has 3 aromatic rings. The first kappa shape index (κ1) is 33.4. The van der Waals surface area contributed by atoms with Crippen molar-refractivity contribution < 1.29 is 48.0 Å². The van der Waals surface area contributed by atoms with Crippen molar-refractivity contribution in [1.29, 1.82) is 0 Å². The van der Waals surface area contributed by atoms with E-state index in [-0.39, 0.29) is 16.7 Å². The normalized spacial score (nSPS) is 21.2. The summed E-state index contributed by atoms with van der Waals surface area (Å²) in [5.74, 6) is -2.86. The van der Waals surface area contributed by atoms with Gasteiger partial charge in [-0.25, -0.2) is 0 Å². The van der Waals surface area contributed by atoms with Crippen molar-refractivity contribution in [3.05, 3.63) is 59.1 Å². The van der Waals surface area contributed by atoms with Gasteiger partial charge in [0.15, 0.2) is 29.6 Å². The van der Waals surface area contributed by atoms with Crippen LogP contribution in [0.1, 0.15) is 33.3 Å². The monoisotopic (exact) mass is 660 g/mol. The lowest BCUT2D eigenvalue weighted by Gasteiger charge is -2.43. The lowest BCUT2D eigenvalue weighted by molar-refractivity contribution is -0.237. The first-order valence-corrected chi connectivity index (χ1v) is 14.7. The topological polar surface area (TPSA) is 178 Å². The van der Waals surface area contributed by atoms with Gasteiger partial charge in [-0.05, 0) is 30.0 Å². The van der Waals surface area contributed by atoms with Crippen molar-refractivity contribution in [2.75, 3.05) is 6.61 Å². The van der Waals surface area contributed by atoms with Gasteiger partial charge in [-0.1, -0.05) is 41.9 Å². The molecular weight excluding hydrogens is 632 g/mol. The Kier molecular flexibility index (Phi) is 11.1. The van der Waals surface area contributed by atoms with Crippen molar-refractivity contribution in [3.63, 3.8) is 0 Å². The maximum Gasteiger partial charge on any atom is 0.303 e. The third-order valence-corrected chi connectivity index (χ3v) is 7.57. The summed E-state index contributed by atoms with van der Waals surface area (Å²) in [4.78, 5) is 48.2. The number of aromatic nitrogens is 3. The number of para-hydroxylation sites is 1. The highest BCUT2D eigenvalue weighted by atomic mass is 35.5. The molecule has 1 saturated heterocycles. The van der Waals surface area contributed by atoms with Gasteiger partial charge in [0.25, 0.3) is 0 Å². The number of aromatic hydroxyl groups is 1. The molecular formula is C29H29ClN4O10S. The summed E-state index contributed by atoms with van der Waals surface area (Å²) in [6.07, 6.45) is -3.73. The van der Waals surface area contributed by atoms with Crippen molar-refractivity contribution in [3.8, 4) is 17.1 Å². The maximum absolute atomic E-state index is 12.2. The van der Waals surface area contributed by atoms with Gasteiger partial charge in [0.1, 0.15) is 18.5 Å². The molecule has 16 heteroatoms. The second kappa shape index (κ2) is 15.0. The zero-order valence-electron chi connectivity index (χ0n) is 24.5. The molecule has 1 N–H and O–H groups in total. The predicted molar refractivity (Wildman–Crippen MR) is 159 cm³/mol. The summed E-state index contributed by atoms with van der Waals surface area (Å²) in [5.41, 5.74) is -0.324. The number of benzene rings is 2. The molecule has 0 aliphatic carbocycles. The third-order valence-electron chi connectivity index (χ3n) is 6.14. The fourth-order valence-electron chi connectivity index (χ4n) is 4.36. The number of rotatable bonds is 10. The molecule has 2 aromatic carbocycles. The minimum absolute atomic E-state index is 0.0945. The van der Waals surface area contributed by atoms with Gasteiger partial charge >= 0.3 is 23.9 Å². The lowest BCUT2D eigenvalue weighted by Crippen LogP contribution is -2.61. The Bertz CT molecular complexity index is 1600. The Morgan fingerprint density at radius 3 is 2.18 bits per heavy atom. The number of esters is 4. The van der Waals surface area contributed by atoms with Crippen LogP contribution in [-0.2, 0) is 42.9 Å². The lowest BCUT2D eigenvalue weighted by atomic mass is 9.99. The van der Waals surface area contributed by atoms with E-state index in [9.17, 15) is 24.3 Å². The summed E-state index contributed by atoms with van der Waals surface area (Å²) >= 11 is 7.21. The highest BCUT2D eigenvalue weighted by Gasteiger charge is 2.53. The van der Waals surface area contributed by atoms with Crippen LogP contribution in [0.5, 0.6) is 5.75 Å². The second-order valence-electron chi connectivity index (χ2n) is 9.59. The van der Waals surface area contributed by atoms with Gasteiger partial charge in [0.05, 0.1) is 11.8 Å². The van der Waals surface area contributed by atoms with Crippen molar-refractivity contribution in [2.45, 2.75) is 62.7 Å². The predicted octanol–water partition coefficient (Wildman–Crippen LogP) is 3.36. The van der Waals surface area contributed by atoms with Crippen LogP contribution in [0.2, 0.25) is 5.02 Å². The molecule has 2 heterocycles. The van der Waals surface area contributed by atoms with Crippen molar-refractivity contribution in [2.24, 2.45) is 5.10 Å². The molecule has 4 rings (SSSR count). The largest absolute Gasteiger partial charge is 0.507 e. The number of nitrogens with zero attached hydrogens (tertiary/aromatic N) is 4. The first-order chi connectivity index (χ1) is 21.4. The van der Waals surface area contributed by atoms with Crippen LogP contribution in [0.15, 0.2) is 58.8 Å². The Morgan fingerprint density at radius 1 is 0.911 bits per heavy atom. The molecule has 1 fully saturated rings. The van der Waals surface area contributed by atoms with Gasteiger partial charge in [-0.15, -0.1) is 10.2 Å². The van der Waals surface area contributed by atoms with Crippen LogP contribution in [0.4, 0.5) is 0 Å². The Hall–Kier alpha value is -4.47. The van der Waals surface area contributed by atoms with Crippen LogP contribution < -0.4 is 0 Å². The number of carbonyl (C=O) groups excluding carboxylic acids is 4. The van der Waals surface area contributed by atoms with Crippen LogP contribution >= 0.6 is 23.4 Å². The van der Waals surface area contributed by atoms with Gasteiger partial charge in [0.2, 0.25) is 5.16 Å². The maximum atomic E-state index is 12.2. The van der Waals surface area contributed by atoms with Gasteiger partial charge in [0, 0.05) is 38.3 Å². The first-order valence-electron chi connectivity index (χ1n) is 13.4. The molecule has 1 aliphatic heterocycles. The molecule has 238 valence electrons. The van der Waals surface area contributed by atoms with Gasteiger partial charge in [-0.3, -0.25) is 19.2 Å². The number of hydrogen-bond donors (Lipinski definition) is 1. The molecule has 0 radical (unpaired) electrons. The van der Waals surface area contributed by atoms with E-state index >= 15 is 0 Å². The van der Waals surface area contributed by atoms with E-state index in [0.29, 0.717) is 16.1 Å². The summed E-state index contributed by atoms with van der Waals surface area (Å²) in [6, 6.07) is 13.4.